The van der Waals surface area contributed by atoms with Crippen LogP contribution in [0, 0.1) is 3.57 Å². The van der Waals surface area contributed by atoms with Gasteiger partial charge in [-0.05, 0) is 46.9 Å². The van der Waals surface area contributed by atoms with Crippen molar-refractivity contribution in [3.63, 3.8) is 0 Å². The van der Waals surface area contributed by atoms with Crippen molar-refractivity contribution in [2.75, 3.05) is 0 Å². The van der Waals surface area contributed by atoms with E-state index in [0.29, 0.717) is 5.56 Å². The first-order chi connectivity index (χ1) is 10.2. The summed E-state index contributed by atoms with van der Waals surface area (Å²) in [4.78, 5) is 16.5. The first-order valence-corrected chi connectivity index (χ1v) is 7.58. The van der Waals surface area contributed by atoms with Crippen molar-refractivity contribution in [3.05, 3.63) is 75.5 Å². The van der Waals surface area contributed by atoms with Crippen LogP contribution in [0.1, 0.15) is 16.1 Å². The molecule has 0 unspecified atom stereocenters. The summed E-state index contributed by atoms with van der Waals surface area (Å²) >= 11 is 2.12. The predicted octanol–water partition coefficient (Wildman–Crippen LogP) is 4.20. The lowest BCUT2D eigenvalue weighted by Gasteiger charge is -2.06. The molecule has 0 bridgehead atoms. The molecule has 0 aliphatic carbocycles. The highest BCUT2D eigenvalue weighted by atomic mass is 127. The van der Waals surface area contributed by atoms with Crippen molar-refractivity contribution in [1.82, 2.24) is 4.98 Å². The van der Waals surface area contributed by atoms with Gasteiger partial charge in [-0.3, -0.25) is 0 Å². The summed E-state index contributed by atoms with van der Waals surface area (Å²) < 4.78 is 6.22. The van der Waals surface area contributed by atoms with Gasteiger partial charge in [0.2, 0.25) is 0 Å². The number of pyridine rings is 1. The predicted molar refractivity (Wildman–Crippen MR) is 90.0 cm³/mol. The fourth-order valence-electron chi connectivity index (χ4n) is 2.03. The largest absolute Gasteiger partial charge is 0.456 e. The van der Waals surface area contributed by atoms with E-state index in [9.17, 15) is 4.79 Å². The second-order valence-corrected chi connectivity index (χ2v) is 5.71. The Morgan fingerprint density at radius 3 is 2.62 bits per heavy atom. The average molecular weight is 389 g/mol. The van der Waals surface area contributed by atoms with E-state index in [4.69, 9.17) is 4.74 Å². The lowest BCUT2D eigenvalue weighted by Crippen LogP contribution is -2.07. The molecule has 0 atom stereocenters. The van der Waals surface area contributed by atoms with Gasteiger partial charge in [-0.25, -0.2) is 9.78 Å². The molecule has 3 nitrogen and oxygen atoms in total. The SMILES string of the molecule is O=C(OCc1ccc2ccccc2n1)c1ccccc1I. The van der Waals surface area contributed by atoms with Gasteiger partial charge in [-0.15, -0.1) is 0 Å². The van der Waals surface area contributed by atoms with E-state index in [1.54, 1.807) is 6.07 Å². The third-order valence-electron chi connectivity index (χ3n) is 3.10. The van der Waals surface area contributed by atoms with Gasteiger partial charge in [-0.1, -0.05) is 36.4 Å². The van der Waals surface area contributed by atoms with E-state index in [1.807, 2.05) is 54.6 Å². The molecule has 0 spiro atoms. The Morgan fingerprint density at radius 1 is 1.00 bits per heavy atom. The molecule has 1 heterocycles. The summed E-state index contributed by atoms with van der Waals surface area (Å²) in [5.41, 5.74) is 2.23. The quantitative estimate of drug-likeness (QED) is 0.498. The number of para-hydroxylation sites is 1. The van der Waals surface area contributed by atoms with Crippen LogP contribution in [0.15, 0.2) is 60.7 Å². The smallest absolute Gasteiger partial charge is 0.339 e. The molecule has 0 amide bonds. The number of esters is 1. The average Bonchev–Trinajstić information content (AvgIpc) is 2.53. The number of hydrogen-bond acceptors (Lipinski definition) is 3. The van der Waals surface area contributed by atoms with E-state index in [0.717, 1.165) is 20.2 Å². The molecule has 104 valence electrons. The summed E-state index contributed by atoms with van der Waals surface area (Å²) in [5, 5.41) is 1.07. The number of benzene rings is 2. The van der Waals surface area contributed by atoms with Crippen LogP contribution in [-0.2, 0) is 11.3 Å². The number of ether oxygens (including phenoxy) is 1. The fraction of sp³-hybridized carbons (Fsp3) is 0.0588. The van der Waals surface area contributed by atoms with Gasteiger partial charge in [0.25, 0.3) is 0 Å². The molecule has 0 radical (unpaired) electrons. The number of fused-ring (bicyclic) bond motifs is 1. The van der Waals surface area contributed by atoms with Crippen LogP contribution in [-0.4, -0.2) is 11.0 Å². The summed E-state index contributed by atoms with van der Waals surface area (Å²) in [6, 6.07) is 19.1. The van der Waals surface area contributed by atoms with Crippen molar-refractivity contribution in [2.24, 2.45) is 0 Å². The zero-order chi connectivity index (χ0) is 14.7. The fourth-order valence-corrected chi connectivity index (χ4v) is 2.64. The second kappa shape index (κ2) is 6.22. The number of carbonyl (C=O) groups is 1. The topological polar surface area (TPSA) is 39.2 Å². The maximum atomic E-state index is 12.0. The highest BCUT2D eigenvalue weighted by Gasteiger charge is 2.11. The normalized spacial score (nSPS) is 10.5. The molecule has 0 saturated heterocycles. The summed E-state index contributed by atoms with van der Waals surface area (Å²) in [6.07, 6.45) is 0. The minimum absolute atomic E-state index is 0.175. The number of nitrogens with zero attached hydrogens (tertiary/aromatic N) is 1. The van der Waals surface area contributed by atoms with Gasteiger partial charge in [0, 0.05) is 8.96 Å². The summed E-state index contributed by atoms with van der Waals surface area (Å²) in [5.74, 6) is -0.324. The summed E-state index contributed by atoms with van der Waals surface area (Å²) in [6.45, 7) is 0.175. The third kappa shape index (κ3) is 3.21. The maximum Gasteiger partial charge on any atom is 0.339 e. The number of halogens is 1. The number of aromatic nitrogens is 1. The molecule has 1 aromatic heterocycles. The lowest BCUT2D eigenvalue weighted by atomic mass is 10.2. The van der Waals surface area contributed by atoms with Crippen LogP contribution >= 0.6 is 22.6 Å². The minimum Gasteiger partial charge on any atom is -0.456 e. The van der Waals surface area contributed by atoms with Crippen molar-refractivity contribution >= 4 is 39.5 Å². The van der Waals surface area contributed by atoms with Gasteiger partial charge < -0.3 is 4.74 Å². The number of carbonyl (C=O) groups excluding carboxylic acids is 1. The van der Waals surface area contributed by atoms with Gasteiger partial charge in [-0.2, -0.15) is 0 Å². The Labute approximate surface area is 136 Å². The first kappa shape index (κ1) is 14.0. The zero-order valence-electron chi connectivity index (χ0n) is 11.1. The molecule has 21 heavy (non-hydrogen) atoms. The minimum atomic E-state index is -0.324. The zero-order valence-corrected chi connectivity index (χ0v) is 13.3. The Bertz CT molecular complexity index is 801. The van der Waals surface area contributed by atoms with Gasteiger partial charge in [0.15, 0.2) is 0 Å². The molecule has 0 aliphatic rings. The van der Waals surface area contributed by atoms with Crippen LogP contribution < -0.4 is 0 Å². The first-order valence-electron chi connectivity index (χ1n) is 6.50. The molecule has 4 heteroatoms. The van der Waals surface area contributed by atoms with Crippen LogP contribution in [0.3, 0.4) is 0 Å². The number of hydrogen-bond donors (Lipinski definition) is 0. The van der Waals surface area contributed by atoms with E-state index in [-0.39, 0.29) is 12.6 Å². The molecule has 3 rings (SSSR count). The Hall–Kier alpha value is -1.95. The van der Waals surface area contributed by atoms with Crippen molar-refractivity contribution in [1.29, 1.82) is 0 Å². The molecule has 0 saturated carbocycles. The van der Waals surface area contributed by atoms with Crippen LogP contribution in [0.4, 0.5) is 0 Å². The lowest BCUT2D eigenvalue weighted by molar-refractivity contribution is 0.0467. The molecule has 0 N–H and O–H groups in total. The van der Waals surface area contributed by atoms with Gasteiger partial charge in [0.05, 0.1) is 16.8 Å². The molecular weight excluding hydrogens is 377 g/mol. The molecule has 0 fully saturated rings. The van der Waals surface area contributed by atoms with E-state index in [1.165, 1.54) is 0 Å². The highest BCUT2D eigenvalue weighted by Crippen LogP contribution is 2.15. The molecular formula is C17H12INO2. The van der Waals surface area contributed by atoms with Gasteiger partial charge >= 0.3 is 5.97 Å². The van der Waals surface area contributed by atoms with Crippen LogP contribution in [0.2, 0.25) is 0 Å². The standard InChI is InChI=1S/C17H12INO2/c18-15-7-3-2-6-14(15)17(20)21-11-13-10-9-12-5-1-4-8-16(12)19-13/h1-10H,11H2. The summed E-state index contributed by atoms with van der Waals surface area (Å²) in [7, 11) is 0. The Kier molecular flexibility index (Phi) is 4.15. The van der Waals surface area contributed by atoms with E-state index >= 15 is 0 Å². The molecule has 2 aromatic carbocycles. The van der Waals surface area contributed by atoms with Crippen LogP contribution in [0.5, 0.6) is 0 Å². The Balaban J connectivity index is 1.74. The maximum absolute atomic E-state index is 12.0. The van der Waals surface area contributed by atoms with Gasteiger partial charge in [0.1, 0.15) is 6.61 Å². The van der Waals surface area contributed by atoms with E-state index < -0.39 is 0 Å². The monoisotopic (exact) mass is 389 g/mol. The third-order valence-corrected chi connectivity index (χ3v) is 4.04. The highest BCUT2D eigenvalue weighted by molar-refractivity contribution is 14.1. The van der Waals surface area contributed by atoms with E-state index in [2.05, 4.69) is 27.6 Å². The second-order valence-electron chi connectivity index (χ2n) is 4.55. The van der Waals surface area contributed by atoms with Crippen molar-refractivity contribution in [2.45, 2.75) is 6.61 Å². The molecule has 3 aromatic rings. The number of rotatable bonds is 3. The van der Waals surface area contributed by atoms with Crippen molar-refractivity contribution in [3.8, 4) is 0 Å². The van der Waals surface area contributed by atoms with Crippen molar-refractivity contribution < 1.29 is 9.53 Å². The Morgan fingerprint density at radius 2 is 1.76 bits per heavy atom. The van der Waals surface area contributed by atoms with Crippen LogP contribution in [0.25, 0.3) is 10.9 Å². The molecule has 0 aliphatic heterocycles.